The number of hydrogen-bond acceptors (Lipinski definition) is 5. The minimum absolute atomic E-state index is 0.000167. The molecule has 2 aliphatic carbocycles. The highest BCUT2D eigenvalue weighted by molar-refractivity contribution is 5.82. The fourth-order valence-corrected chi connectivity index (χ4v) is 4.02. The highest BCUT2D eigenvalue weighted by Gasteiger charge is 2.55. The molecule has 0 heterocycles. The third kappa shape index (κ3) is 3.58. The Hall–Kier alpha value is -2.02. The molecule has 26 heavy (non-hydrogen) atoms. The van der Waals surface area contributed by atoms with Crippen LogP contribution in [0.2, 0.25) is 0 Å². The zero-order valence-electron chi connectivity index (χ0n) is 14.2. The van der Waals surface area contributed by atoms with E-state index in [1.54, 1.807) is 18.2 Å². The van der Waals surface area contributed by atoms with E-state index in [1.807, 2.05) is 0 Å². The number of carbonyl (C=O) groups is 2. The van der Waals surface area contributed by atoms with Gasteiger partial charge in [0.05, 0.1) is 0 Å². The lowest BCUT2D eigenvalue weighted by atomic mass is 9.80. The zero-order chi connectivity index (χ0) is 18.9. The van der Waals surface area contributed by atoms with Gasteiger partial charge in [0.15, 0.2) is 5.60 Å². The number of ether oxygens (including phenoxy) is 1. The summed E-state index contributed by atoms with van der Waals surface area (Å²) >= 11 is 0. The van der Waals surface area contributed by atoms with Crippen molar-refractivity contribution in [3.8, 4) is 0 Å². The van der Waals surface area contributed by atoms with Crippen LogP contribution in [0.4, 0.5) is 8.78 Å². The minimum atomic E-state index is -2.93. The number of alkyl halides is 2. The van der Waals surface area contributed by atoms with E-state index in [0.29, 0.717) is 12.8 Å². The van der Waals surface area contributed by atoms with E-state index >= 15 is 0 Å². The van der Waals surface area contributed by atoms with Crippen molar-refractivity contribution >= 4 is 11.9 Å². The molecule has 0 bridgehead atoms. The van der Waals surface area contributed by atoms with Crippen molar-refractivity contribution in [1.29, 1.82) is 0 Å². The molecule has 0 aromatic heterocycles. The third-order valence-corrected chi connectivity index (χ3v) is 5.51. The first-order valence-corrected chi connectivity index (χ1v) is 8.80. The van der Waals surface area contributed by atoms with E-state index < -0.39 is 54.2 Å². The van der Waals surface area contributed by atoms with Crippen LogP contribution in [-0.2, 0) is 19.9 Å². The second-order valence-corrected chi connectivity index (χ2v) is 7.28. The second kappa shape index (κ2) is 6.95. The number of carboxylic acids is 1. The Morgan fingerprint density at radius 1 is 1.19 bits per heavy atom. The van der Waals surface area contributed by atoms with Crippen molar-refractivity contribution in [2.24, 2.45) is 11.8 Å². The van der Waals surface area contributed by atoms with Gasteiger partial charge >= 0.3 is 5.97 Å². The van der Waals surface area contributed by atoms with E-state index in [0.717, 1.165) is 0 Å². The van der Waals surface area contributed by atoms with Gasteiger partial charge in [0.1, 0.15) is 6.10 Å². The van der Waals surface area contributed by atoms with Crippen molar-refractivity contribution in [2.45, 2.75) is 56.2 Å². The van der Waals surface area contributed by atoms with Crippen LogP contribution in [0.5, 0.6) is 0 Å². The fraction of sp³-hybridized carbons (Fsp3) is 0.579. The van der Waals surface area contributed by atoms with Gasteiger partial charge in [0.25, 0.3) is 0 Å². The van der Waals surface area contributed by atoms with Crippen LogP contribution >= 0.6 is 0 Å². The summed E-state index contributed by atoms with van der Waals surface area (Å²) in [6.07, 6.45) is -0.875. The maximum atomic E-state index is 13.7. The summed E-state index contributed by atoms with van der Waals surface area (Å²) in [5, 5.41) is 22.1. The predicted molar refractivity (Wildman–Crippen MR) is 84.9 cm³/mol. The van der Waals surface area contributed by atoms with Crippen LogP contribution in [0.3, 0.4) is 0 Å². The summed E-state index contributed by atoms with van der Waals surface area (Å²) in [6.45, 7) is 0. The molecule has 0 aliphatic heterocycles. The van der Waals surface area contributed by atoms with Gasteiger partial charge in [-0.05, 0) is 31.2 Å². The molecule has 4 atom stereocenters. The van der Waals surface area contributed by atoms with Gasteiger partial charge in [0, 0.05) is 30.6 Å². The average molecular weight is 367 g/mol. The van der Waals surface area contributed by atoms with Crippen LogP contribution in [-0.4, -0.2) is 29.1 Å². The Bertz CT molecular complexity index is 678. The first-order valence-electron chi connectivity index (χ1n) is 8.80. The van der Waals surface area contributed by atoms with E-state index in [-0.39, 0.29) is 18.4 Å². The lowest BCUT2D eigenvalue weighted by molar-refractivity contribution is -0.311. The highest BCUT2D eigenvalue weighted by atomic mass is 19.3. The van der Waals surface area contributed by atoms with Crippen molar-refractivity contribution in [1.82, 2.24) is 0 Å². The molecular weight excluding hydrogens is 346 g/mol. The lowest BCUT2D eigenvalue weighted by Gasteiger charge is -2.33. The first kappa shape index (κ1) is 18.8. The van der Waals surface area contributed by atoms with Gasteiger partial charge in [0.2, 0.25) is 5.92 Å². The summed E-state index contributed by atoms with van der Waals surface area (Å²) in [5.41, 5.74) is -1.97. The number of carboxylic acid groups (broad SMARTS) is 1. The van der Waals surface area contributed by atoms with Crippen molar-refractivity contribution in [3.05, 3.63) is 35.9 Å². The van der Waals surface area contributed by atoms with Crippen molar-refractivity contribution in [2.75, 3.05) is 0 Å². The maximum absolute atomic E-state index is 13.7. The van der Waals surface area contributed by atoms with Crippen LogP contribution in [0.1, 0.15) is 44.1 Å². The Morgan fingerprint density at radius 3 is 2.42 bits per heavy atom. The quantitative estimate of drug-likeness (QED) is 0.802. The van der Waals surface area contributed by atoms with Gasteiger partial charge in [-0.25, -0.2) is 13.6 Å². The number of esters is 1. The molecule has 0 saturated heterocycles. The van der Waals surface area contributed by atoms with Crippen molar-refractivity contribution in [3.63, 3.8) is 0 Å². The SMILES string of the molecule is O=C([O-])C1CCC(OC(=O)C(O)(c2ccccc2)C2CCC(F)(F)C2)C1. The molecular formula is C19H21F2O5-. The highest BCUT2D eigenvalue weighted by Crippen LogP contribution is 2.48. The fourth-order valence-electron chi connectivity index (χ4n) is 4.02. The normalized spacial score (nSPS) is 29.9. The molecule has 0 amide bonds. The third-order valence-electron chi connectivity index (χ3n) is 5.51. The van der Waals surface area contributed by atoms with Gasteiger partial charge < -0.3 is 19.7 Å². The number of halogens is 2. The average Bonchev–Trinajstić information content (AvgIpc) is 3.21. The number of aliphatic carboxylic acids is 1. The van der Waals surface area contributed by atoms with Crippen LogP contribution in [0.25, 0.3) is 0 Å². The molecule has 1 aromatic carbocycles. The topological polar surface area (TPSA) is 86.7 Å². The maximum Gasteiger partial charge on any atom is 0.343 e. The summed E-state index contributed by atoms with van der Waals surface area (Å²) < 4.78 is 32.8. The molecule has 1 aromatic rings. The zero-order valence-corrected chi connectivity index (χ0v) is 14.2. The first-order chi connectivity index (χ1) is 12.2. The molecule has 5 nitrogen and oxygen atoms in total. The molecule has 3 rings (SSSR count). The molecule has 0 radical (unpaired) electrons. The molecule has 4 unspecified atom stereocenters. The molecule has 142 valence electrons. The summed E-state index contributed by atoms with van der Waals surface area (Å²) in [4.78, 5) is 23.8. The van der Waals surface area contributed by atoms with Crippen LogP contribution < -0.4 is 5.11 Å². The standard InChI is InChI=1S/C19H22F2O5/c20-18(21)9-8-14(11-18)19(25,13-4-2-1-3-5-13)17(24)26-15-7-6-12(10-15)16(22)23/h1-5,12,14-15,25H,6-11H2,(H,22,23)/p-1. The monoisotopic (exact) mass is 367 g/mol. The summed E-state index contributed by atoms with van der Waals surface area (Å²) in [6, 6.07) is 7.94. The van der Waals surface area contributed by atoms with Gasteiger partial charge in [-0.2, -0.15) is 0 Å². The van der Waals surface area contributed by atoms with Crippen molar-refractivity contribution < 1.29 is 33.3 Å². The van der Waals surface area contributed by atoms with E-state index in [9.17, 15) is 28.6 Å². The predicted octanol–water partition coefficient (Wildman–Crippen LogP) is 1.77. The van der Waals surface area contributed by atoms with Gasteiger partial charge in [-0.15, -0.1) is 0 Å². The second-order valence-electron chi connectivity index (χ2n) is 7.28. The molecule has 7 heteroatoms. The van der Waals surface area contributed by atoms with Gasteiger partial charge in [-0.3, -0.25) is 0 Å². The van der Waals surface area contributed by atoms with E-state index in [1.165, 1.54) is 12.1 Å². The Labute approximate surface area is 150 Å². The number of carbonyl (C=O) groups excluding carboxylic acids is 2. The van der Waals surface area contributed by atoms with E-state index in [4.69, 9.17) is 4.74 Å². The largest absolute Gasteiger partial charge is 0.550 e. The Balaban J connectivity index is 1.82. The Kier molecular flexibility index (Phi) is 5.01. The molecule has 2 fully saturated rings. The van der Waals surface area contributed by atoms with Gasteiger partial charge in [-0.1, -0.05) is 30.3 Å². The van der Waals surface area contributed by atoms with Crippen LogP contribution in [0, 0.1) is 11.8 Å². The Morgan fingerprint density at radius 2 is 1.88 bits per heavy atom. The van der Waals surface area contributed by atoms with Crippen LogP contribution in [0.15, 0.2) is 30.3 Å². The smallest absolute Gasteiger partial charge is 0.343 e. The summed E-state index contributed by atoms with van der Waals surface area (Å²) in [7, 11) is 0. The minimum Gasteiger partial charge on any atom is -0.550 e. The number of rotatable bonds is 5. The number of hydrogen-bond donors (Lipinski definition) is 1. The molecule has 0 spiro atoms. The molecule has 2 saturated carbocycles. The molecule has 2 aliphatic rings. The molecule has 1 N–H and O–H groups in total. The lowest BCUT2D eigenvalue weighted by Crippen LogP contribution is -2.45. The van der Waals surface area contributed by atoms with E-state index in [2.05, 4.69) is 0 Å². The number of benzene rings is 1. The number of aliphatic hydroxyl groups is 1. The summed E-state index contributed by atoms with van der Waals surface area (Å²) in [5.74, 6) is -6.78.